The van der Waals surface area contributed by atoms with E-state index >= 15 is 0 Å². The van der Waals surface area contributed by atoms with Crippen molar-refractivity contribution in [2.45, 2.75) is 32.0 Å². The van der Waals surface area contributed by atoms with Crippen molar-refractivity contribution in [3.8, 4) is 0 Å². The second kappa shape index (κ2) is 9.89. The van der Waals surface area contributed by atoms with Gasteiger partial charge in [-0.3, -0.25) is 19.3 Å². The van der Waals surface area contributed by atoms with E-state index in [9.17, 15) is 37.5 Å². The molecule has 0 aliphatic carbocycles. The number of carbonyl (C=O) groups excluding carboxylic acids is 3. The van der Waals surface area contributed by atoms with E-state index in [0.717, 1.165) is 18.3 Å². The van der Waals surface area contributed by atoms with Gasteiger partial charge in [-0.1, -0.05) is 23.7 Å². The van der Waals surface area contributed by atoms with Gasteiger partial charge in [0.2, 0.25) is 12.3 Å². The van der Waals surface area contributed by atoms with Crippen LogP contribution in [-0.2, 0) is 37.3 Å². The van der Waals surface area contributed by atoms with Gasteiger partial charge < -0.3 is 14.9 Å². The number of carbonyl (C=O) groups is 4. The number of fused-ring (bicyclic) bond motifs is 1. The number of anilines is 2. The molecule has 1 N–H and O–H groups in total. The third-order valence-electron chi connectivity index (χ3n) is 6.16. The molecule has 0 fully saturated rings. The highest BCUT2D eigenvalue weighted by Crippen LogP contribution is 2.42. The van der Waals surface area contributed by atoms with Crippen molar-refractivity contribution in [3.63, 3.8) is 0 Å². The predicted octanol–water partition coefficient (Wildman–Crippen LogP) is 4.20. The first-order valence-corrected chi connectivity index (χ1v) is 11.2. The third-order valence-corrected chi connectivity index (χ3v) is 6.47. The van der Waals surface area contributed by atoms with Crippen LogP contribution in [0.2, 0.25) is 5.02 Å². The summed E-state index contributed by atoms with van der Waals surface area (Å²) in [5.74, 6) is -3.14. The maximum absolute atomic E-state index is 13.5. The third kappa shape index (κ3) is 5.17. The van der Waals surface area contributed by atoms with Crippen LogP contribution in [0.4, 0.5) is 24.5 Å². The lowest BCUT2D eigenvalue weighted by molar-refractivity contribution is -0.143. The Bertz CT molecular complexity index is 1320. The Labute approximate surface area is 215 Å². The molecule has 1 aliphatic heterocycles. The van der Waals surface area contributed by atoms with Crippen LogP contribution >= 0.6 is 11.6 Å². The maximum atomic E-state index is 13.5. The molecule has 196 valence electrons. The van der Waals surface area contributed by atoms with Crippen LogP contribution in [0.1, 0.15) is 30.5 Å². The SMILES string of the molecule is CN(/C=C(/C(=O)O)C(=O)N(C=O)Cc1cccc(Cl)c1C(F)(F)F)c1ccc2c(c1)C(C)(C)C(=O)N2C. The molecule has 0 bridgehead atoms. The number of aliphatic carboxylic acids is 1. The van der Waals surface area contributed by atoms with Crippen molar-refractivity contribution in [2.24, 2.45) is 0 Å². The number of imide groups is 1. The average Bonchev–Trinajstić information content (AvgIpc) is 2.99. The molecule has 8 nitrogen and oxygen atoms in total. The van der Waals surface area contributed by atoms with E-state index in [1.165, 1.54) is 22.9 Å². The first kappa shape index (κ1) is 27.7. The summed E-state index contributed by atoms with van der Waals surface area (Å²) < 4.78 is 40.5. The van der Waals surface area contributed by atoms with Crippen LogP contribution in [0, 0.1) is 0 Å². The van der Waals surface area contributed by atoms with Crippen LogP contribution in [0.25, 0.3) is 0 Å². The van der Waals surface area contributed by atoms with Gasteiger partial charge in [0.05, 0.1) is 22.5 Å². The van der Waals surface area contributed by atoms with Crippen molar-refractivity contribution < 1.29 is 37.5 Å². The molecule has 0 atom stereocenters. The van der Waals surface area contributed by atoms with Gasteiger partial charge in [-0.2, -0.15) is 13.2 Å². The molecular formula is C25H23ClF3N3O5. The molecular weight excluding hydrogens is 515 g/mol. The number of hydrogen-bond acceptors (Lipinski definition) is 5. The van der Waals surface area contributed by atoms with Crippen molar-refractivity contribution in [1.82, 2.24) is 4.90 Å². The molecule has 0 saturated carbocycles. The highest BCUT2D eigenvalue weighted by Gasteiger charge is 2.42. The van der Waals surface area contributed by atoms with E-state index in [1.807, 2.05) is 0 Å². The monoisotopic (exact) mass is 537 g/mol. The minimum absolute atomic E-state index is 0.0421. The highest BCUT2D eigenvalue weighted by atomic mass is 35.5. The topological polar surface area (TPSA) is 98.2 Å². The highest BCUT2D eigenvalue weighted by molar-refractivity contribution is 6.31. The van der Waals surface area contributed by atoms with Crippen LogP contribution in [0.3, 0.4) is 0 Å². The zero-order chi connectivity index (χ0) is 27.9. The average molecular weight is 538 g/mol. The molecule has 3 rings (SSSR count). The second-order valence-corrected chi connectivity index (χ2v) is 9.37. The normalized spacial score (nSPS) is 14.9. The molecule has 0 saturated heterocycles. The molecule has 2 aromatic carbocycles. The molecule has 12 heteroatoms. The standard InChI is InChI=1S/C25H23ClF3N3O5/c1-24(2)17-10-15(8-9-19(17)31(4)23(24)37)30(3)12-16(22(35)36)21(34)32(13-33)11-14-6-5-7-18(26)20(14)25(27,28)29/h5-10,12-13H,11H2,1-4H3,(H,35,36)/b16-12+. The van der Waals surface area contributed by atoms with Crippen molar-refractivity contribution in [1.29, 1.82) is 0 Å². The van der Waals surface area contributed by atoms with Gasteiger partial charge in [0.15, 0.2) is 0 Å². The summed E-state index contributed by atoms with van der Waals surface area (Å²) >= 11 is 5.70. The van der Waals surface area contributed by atoms with E-state index in [4.69, 9.17) is 11.6 Å². The number of halogens is 4. The summed E-state index contributed by atoms with van der Waals surface area (Å²) in [5.41, 5.74) is -1.59. The Morgan fingerprint density at radius 1 is 1.19 bits per heavy atom. The van der Waals surface area contributed by atoms with E-state index in [2.05, 4.69) is 0 Å². The maximum Gasteiger partial charge on any atom is 0.418 e. The first-order valence-electron chi connectivity index (χ1n) is 10.8. The first-order chi connectivity index (χ1) is 17.1. The summed E-state index contributed by atoms with van der Waals surface area (Å²) in [6.07, 6.45) is -3.95. The molecule has 0 spiro atoms. The summed E-state index contributed by atoms with van der Waals surface area (Å²) in [7, 11) is 3.09. The Kier molecular flexibility index (Phi) is 7.41. The fourth-order valence-electron chi connectivity index (χ4n) is 4.16. The van der Waals surface area contributed by atoms with Crippen LogP contribution < -0.4 is 9.80 Å². The number of carboxylic acids is 1. The van der Waals surface area contributed by atoms with Gasteiger partial charge in [0.1, 0.15) is 5.57 Å². The second-order valence-electron chi connectivity index (χ2n) is 8.96. The molecule has 0 unspecified atom stereocenters. The van der Waals surface area contributed by atoms with Crippen LogP contribution in [0.15, 0.2) is 48.2 Å². The van der Waals surface area contributed by atoms with Gasteiger partial charge in [-0.15, -0.1) is 0 Å². The quantitative estimate of drug-likeness (QED) is 0.246. The molecule has 37 heavy (non-hydrogen) atoms. The number of amides is 3. The Hall–Kier alpha value is -3.86. The van der Waals surface area contributed by atoms with E-state index in [-0.39, 0.29) is 12.3 Å². The molecule has 1 heterocycles. The minimum atomic E-state index is -4.87. The molecule has 1 aliphatic rings. The Balaban J connectivity index is 1.96. The summed E-state index contributed by atoms with van der Waals surface area (Å²) in [6, 6.07) is 8.25. The smallest absolute Gasteiger partial charge is 0.418 e. The van der Waals surface area contributed by atoms with Crippen LogP contribution in [-0.4, -0.2) is 48.3 Å². The number of rotatable bonds is 7. The van der Waals surface area contributed by atoms with E-state index in [0.29, 0.717) is 21.8 Å². The Morgan fingerprint density at radius 2 is 1.84 bits per heavy atom. The van der Waals surface area contributed by atoms with Crippen LogP contribution in [0.5, 0.6) is 0 Å². The summed E-state index contributed by atoms with van der Waals surface area (Å²) in [4.78, 5) is 52.2. The summed E-state index contributed by atoms with van der Waals surface area (Å²) in [5, 5.41) is 9.05. The zero-order valence-corrected chi connectivity index (χ0v) is 21.0. The molecule has 2 aromatic rings. The largest absolute Gasteiger partial charge is 0.477 e. The number of hydrogen-bond donors (Lipinski definition) is 1. The minimum Gasteiger partial charge on any atom is -0.477 e. The lowest BCUT2D eigenvalue weighted by Crippen LogP contribution is -2.34. The van der Waals surface area contributed by atoms with Gasteiger partial charge in [-0.05, 0) is 49.2 Å². The number of carboxylic acid groups (broad SMARTS) is 1. The van der Waals surface area contributed by atoms with E-state index in [1.54, 1.807) is 39.1 Å². The van der Waals surface area contributed by atoms with Gasteiger partial charge in [0, 0.05) is 31.7 Å². The number of alkyl halides is 3. The molecule has 3 amide bonds. The lowest BCUT2D eigenvalue weighted by Gasteiger charge is -2.22. The Morgan fingerprint density at radius 3 is 2.41 bits per heavy atom. The van der Waals surface area contributed by atoms with E-state index < -0.39 is 51.7 Å². The fourth-order valence-corrected chi connectivity index (χ4v) is 4.46. The number of likely N-dealkylation sites (N-methyl/N-ethyl adjacent to an activating group) is 1. The van der Waals surface area contributed by atoms with Crippen molar-refractivity contribution in [2.75, 3.05) is 23.9 Å². The predicted molar refractivity (Wildman–Crippen MR) is 130 cm³/mol. The lowest BCUT2D eigenvalue weighted by atomic mass is 9.86. The number of nitrogens with zero attached hydrogens (tertiary/aromatic N) is 3. The molecule has 0 aromatic heterocycles. The molecule has 0 radical (unpaired) electrons. The van der Waals surface area contributed by atoms with Gasteiger partial charge in [0.25, 0.3) is 5.91 Å². The number of benzene rings is 2. The van der Waals surface area contributed by atoms with Crippen molar-refractivity contribution in [3.05, 3.63) is 69.9 Å². The summed E-state index contributed by atoms with van der Waals surface area (Å²) in [6.45, 7) is 2.64. The van der Waals surface area contributed by atoms with Crippen molar-refractivity contribution >= 4 is 47.2 Å². The van der Waals surface area contributed by atoms with Gasteiger partial charge in [-0.25, -0.2) is 4.79 Å². The zero-order valence-electron chi connectivity index (χ0n) is 20.3. The fraction of sp³-hybridized carbons (Fsp3) is 0.280. The van der Waals surface area contributed by atoms with Gasteiger partial charge >= 0.3 is 12.1 Å².